The second-order valence-corrected chi connectivity index (χ2v) is 7.85. The highest BCUT2D eigenvalue weighted by Gasteiger charge is 2.12. The minimum atomic E-state index is -0.184. The maximum Gasteiger partial charge on any atom is 0.277 e. The summed E-state index contributed by atoms with van der Waals surface area (Å²) in [4.78, 5) is 16.3. The monoisotopic (exact) mass is 452 g/mol. The van der Waals surface area contributed by atoms with Crippen molar-refractivity contribution in [1.82, 2.24) is 15.2 Å². The lowest BCUT2D eigenvalue weighted by Crippen LogP contribution is -2.14. The number of carbonyl (C=O) groups excluding carboxylic acids is 1. The summed E-state index contributed by atoms with van der Waals surface area (Å²) in [6, 6.07) is 16.1. The molecule has 9 heteroatoms. The van der Waals surface area contributed by atoms with Crippen molar-refractivity contribution in [2.45, 2.75) is 12.1 Å². The lowest BCUT2D eigenvalue weighted by molar-refractivity contribution is -0.113. The number of ether oxygens (including phenoxy) is 1. The van der Waals surface area contributed by atoms with Crippen LogP contribution in [0.25, 0.3) is 11.5 Å². The lowest BCUT2D eigenvalue weighted by atomic mass is 10.2. The predicted molar refractivity (Wildman–Crippen MR) is 120 cm³/mol. The van der Waals surface area contributed by atoms with Crippen molar-refractivity contribution in [2.24, 2.45) is 0 Å². The van der Waals surface area contributed by atoms with Gasteiger partial charge in [0.2, 0.25) is 11.8 Å². The second-order valence-electron chi connectivity index (χ2n) is 6.49. The number of thioether (sulfide) groups is 1. The molecule has 0 aliphatic carbocycles. The Hall–Kier alpha value is -3.36. The van der Waals surface area contributed by atoms with Gasteiger partial charge in [0.1, 0.15) is 11.5 Å². The number of rotatable bonds is 7. The van der Waals surface area contributed by atoms with Gasteiger partial charge in [-0.1, -0.05) is 23.4 Å². The highest BCUT2D eigenvalue weighted by Crippen LogP contribution is 2.27. The van der Waals surface area contributed by atoms with Crippen LogP contribution < -0.4 is 10.1 Å². The van der Waals surface area contributed by atoms with Crippen LogP contribution in [0.2, 0.25) is 5.02 Å². The summed E-state index contributed by atoms with van der Waals surface area (Å²) in [5.41, 5.74) is 2.32. The summed E-state index contributed by atoms with van der Waals surface area (Å²) in [6.07, 6.45) is 3.32. The van der Waals surface area contributed by atoms with E-state index < -0.39 is 0 Å². The molecule has 0 radical (unpaired) electrons. The molecule has 0 atom stereocenters. The molecule has 0 bridgehead atoms. The van der Waals surface area contributed by atoms with E-state index in [4.69, 9.17) is 20.8 Å². The molecule has 0 aliphatic rings. The van der Waals surface area contributed by atoms with Crippen LogP contribution in [-0.4, -0.2) is 26.8 Å². The third kappa shape index (κ3) is 5.62. The number of benzene rings is 2. The fourth-order valence-corrected chi connectivity index (χ4v) is 3.37. The quantitative estimate of drug-likeness (QED) is 0.364. The first-order valence-corrected chi connectivity index (χ1v) is 10.6. The molecule has 1 amide bonds. The summed E-state index contributed by atoms with van der Waals surface area (Å²) in [7, 11) is 0. The molecule has 0 spiro atoms. The average molecular weight is 453 g/mol. The number of amides is 1. The van der Waals surface area contributed by atoms with Crippen molar-refractivity contribution < 1.29 is 13.9 Å². The van der Waals surface area contributed by atoms with Gasteiger partial charge in [-0.05, 0) is 67.1 Å². The number of nitrogens with zero attached hydrogens (tertiary/aromatic N) is 3. The minimum Gasteiger partial charge on any atom is -0.455 e. The van der Waals surface area contributed by atoms with Gasteiger partial charge < -0.3 is 14.5 Å². The third-order valence-corrected chi connectivity index (χ3v) is 5.22. The molecule has 156 valence electrons. The van der Waals surface area contributed by atoms with Gasteiger partial charge in [0.25, 0.3) is 5.22 Å². The van der Waals surface area contributed by atoms with Gasteiger partial charge in [-0.2, -0.15) is 0 Å². The summed E-state index contributed by atoms with van der Waals surface area (Å²) in [6.45, 7) is 1.91. The van der Waals surface area contributed by atoms with Gasteiger partial charge in [-0.15, -0.1) is 10.2 Å². The molecule has 0 aliphatic heterocycles. The highest BCUT2D eigenvalue weighted by molar-refractivity contribution is 7.99. The molecule has 2 aromatic carbocycles. The van der Waals surface area contributed by atoms with E-state index in [1.54, 1.807) is 48.8 Å². The molecule has 0 unspecified atom stereocenters. The number of hydrogen-bond donors (Lipinski definition) is 1. The largest absolute Gasteiger partial charge is 0.455 e. The molecular weight excluding hydrogens is 436 g/mol. The van der Waals surface area contributed by atoms with E-state index >= 15 is 0 Å². The zero-order valence-electron chi connectivity index (χ0n) is 16.4. The molecule has 7 nitrogen and oxygen atoms in total. The Labute approximate surface area is 187 Å². The van der Waals surface area contributed by atoms with Gasteiger partial charge in [0, 0.05) is 22.5 Å². The smallest absolute Gasteiger partial charge is 0.277 e. The van der Waals surface area contributed by atoms with Crippen LogP contribution in [0.15, 0.2) is 76.6 Å². The Morgan fingerprint density at radius 2 is 2.00 bits per heavy atom. The molecule has 1 N–H and O–H groups in total. The summed E-state index contributed by atoms with van der Waals surface area (Å²) in [5.74, 6) is 1.67. The molecule has 31 heavy (non-hydrogen) atoms. The zero-order valence-corrected chi connectivity index (χ0v) is 18.0. The van der Waals surface area contributed by atoms with E-state index in [-0.39, 0.29) is 11.7 Å². The van der Waals surface area contributed by atoms with Crippen molar-refractivity contribution in [3.63, 3.8) is 0 Å². The van der Waals surface area contributed by atoms with Crippen LogP contribution >= 0.6 is 23.4 Å². The fraction of sp³-hybridized carbons (Fsp3) is 0.0909. The van der Waals surface area contributed by atoms with Crippen LogP contribution in [0.1, 0.15) is 5.56 Å². The summed E-state index contributed by atoms with van der Waals surface area (Å²) < 4.78 is 11.4. The number of pyridine rings is 1. The third-order valence-electron chi connectivity index (χ3n) is 4.15. The van der Waals surface area contributed by atoms with Crippen LogP contribution in [-0.2, 0) is 4.79 Å². The van der Waals surface area contributed by atoms with Crippen molar-refractivity contribution in [3.05, 3.63) is 77.6 Å². The van der Waals surface area contributed by atoms with E-state index in [1.807, 2.05) is 25.1 Å². The van der Waals surface area contributed by atoms with E-state index in [9.17, 15) is 4.79 Å². The fourth-order valence-electron chi connectivity index (χ4n) is 2.68. The Balaban J connectivity index is 1.32. The maximum absolute atomic E-state index is 12.3. The van der Waals surface area contributed by atoms with E-state index in [0.29, 0.717) is 33.3 Å². The maximum atomic E-state index is 12.3. The number of nitrogens with one attached hydrogen (secondary N) is 1. The number of halogens is 1. The Morgan fingerprint density at radius 1 is 1.16 bits per heavy atom. The van der Waals surface area contributed by atoms with Gasteiger partial charge in [-0.3, -0.25) is 9.78 Å². The van der Waals surface area contributed by atoms with E-state index in [1.165, 1.54) is 11.8 Å². The molecule has 4 aromatic rings. The number of carbonyl (C=O) groups is 1. The minimum absolute atomic E-state index is 0.134. The topological polar surface area (TPSA) is 90.1 Å². The first-order valence-electron chi connectivity index (χ1n) is 9.27. The number of hydrogen-bond acceptors (Lipinski definition) is 7. The van der Waals surface area contributed by atoms with E-state index in [0.717, 1.165) is 11.1 Å². The normalized spacial score (nSPS) is 10.6. The Morgan fingerprint density at radius 3 is 2.74 bits per heavy atom. The summed E-state index contributed by atoms with van der Waals surface area (Å²) >= 11 is 7.05. The molecule has 0 saturated carbocycles. The van der Waals surface area contributed by atoms with Crippen LogP contribution in [0.5, 0.6) is 11.5 Å². The van der Waals surface area contributed by atoms with Crippen LogP contribution in [0.4, 0.5) is 5.69 Å². The first-order chi connectivity index (χ1) is 15.1. The molecular formula is C22H17ClN4O3S. The Bertz CT molecular complexity index is 1180. The standard InChI is InChI=1S/C22H17ClN4O3S/c1-14-11-17(8-9-19(14)29-18-3-2-10-24-12-18)25-20(28)13-31-22-27-26-21(30-22)15-4-6-16(23)7-5-15/h2-12H,13H2,1H3,(H,25,28). The van der Waals surface area contributed by atoms with E-state index in [2.05, 4.69) is 20.5 Å². The van der Waals surface area contributed by atoms with Crippen molar-refractivity contribution in [1.29, 1.82) is 0 Å². The Kier molecular flexibility index (Phi) is 6.49. The summed E-state index contributed by atoms with van der Waals surface area (Å²) in [5, 5.41) is 11.8. The molecule has 2 aromatic heterocycles. The molecule has 2 heterocycles. The van der Waals surface area contributed by atoms with Gasteiger partial charge in [-0.25, -0.2) is 0 Å². The highest BCUT2D eigenvalue weighted by atomic mass is 35.5. The van der Waals surface area contributed by atoms with Gasteiger partial charge >= 0.3 is 0 Å². The molecule has 4 rings (SSSR count). The lowest BCUT2D eigenvalue weighted by Gasteiger charge is -2.10. The second kappa shape index (κ2) is 9.63. The SMILES string of the molecule is Cc1cc(NC(=O)CSc2nnc(-c3ccc(Cl)cc3)o2)ccc1Oc1cccnc1. The number of anilines is 1. The van der Waals surface area contributed by atoms with Crippen molar-refractivity contribution >= 4 is 35.0 Å². The van der Waals surface area contributed by atoms with Crippen molar-refractivity contribution in [2.75, 3.05) is 11.1 Å². The van der Waals surface area contributed by atoms with Crippen LogP contribution in [0.3, 0.4) is 0 Å². The molecule has 0 saturated heterocycles. The zero-order chi connectivity index (χ0) is 21.6. The van der Waals surface area contributed by atoms with Crippen molar-refractivity contribution in [3.8, 4) is 23.0 Å². The van der Waals surface area contributed by atoms with Gasteiger partial charge in [0.05, 0.1) is 11.9 Å². The predicted octanol–water partition coefficient (Wildman–Crippen LogP) is 5.62. The van der Waals surface area contributed by atoms with Gasteiger partial charge in [0.15, 0.2) is 0 Å². The van der Waals surface area contributed by atoms with Crippen LogP contribution in [0, 0.1) is 6.92 Å². The average Bonchev–Trinajstić information content (AvgIpc) is 3.25. The number of aryl methyl sites for hydroxylation is 1. The first kappa shape index (κ1) is 20.9. The molecule has 0 fully saturated rings. The number of aromatic nitrogens is 3.